The number of nitrogens with zero attached hydrogens (tertiary/aromatic N) is 3. The van der Waals surface area contributed by atoms with Gasteiger partial charge < -0.3 is 15.0 Å². The van der Waals surface area contributed by atoms with Crippen LogP contribution < -0.4 is 15.7 Å². The Labute approximate surface area is 151 Å². The lowest BCUT2D eigenvalue weighted by atomic mass is 10.2. The minimum Gasteiger partial charge on any atom is -0.490 e. The summed E-state index contributed by atoms with van der Waals surface area (Å²) in [5.74, 6) is 1.18. The molecule has 0 atom stereocenters. The second-order valence-electron chi connectivity index (χ2n) is 4.86. The van der Waals surface area contributed by atoms with Crippen molar-refractivity contribution in [1.82, 2.24) is 19.5 Å². The molecule has 3 rings (SSSR count). The minimum atomic E-state index is -0.249. The quantitative estimate of drug-likeness (QED) is 0.517. The molecule has 0 aliphatic heterocycles. The first-order valence-electron chi connectivity index (χ1n) is 6.86. The topological polar surface area (TPSA) is 84.8 Å². The first kappa shape index (κ1) is 16.9. The van der Waals surface area contributed by atoms with E-state index in [-0.39, 0.29) is 11.0 Å². The number of fused-ring (bicyclic) bond motifs is 1. The van der Waals surface area contributed by atoms with E-state index in [9.17, 15) is 4.79 Å². The number of ether oxygens (including phenoxy) is 1. The third-order valence-electron chi connectivity index (χ3n) is 3.27. The van der Waals surface area contributed by atoms with Crippen molar-refractivity contribution in [2.45, 2.75) is 0 Å². The van der Waals surface area contributed by atoms with Gasteiger partial charge in [0.15, 0.2) is 5.82 Å². The molecule has 0 saturated carbocycles. The molecule has 0 spiro atoms. The molecule has 10 heteroatoms. The van der Waals surface area contributed by atoms with E-state index in [0.717, 1.165) is 0 Å². The molecule has 0 amide bonds. The Morgan fingerprint density at radius 1 is 1.38 bits per heavy atom. The monoisotopic (exact) mass is 387 g/mol. The zero-order valence-corrected chi connectivity index (χ0v) is 14.7. The molecular formula is C14H12Cl3N5O2. The van der Waals surface area contributed by atoms with Gasteiger partial charge in [-0.25, -0.2) is 9.78 Å². The fourth-order valence-corrected chi connectivity index (χ4v) is 2.60. The molecule has 0 aliphatic rings. The van der Waals surface area contributed by atoms with Gasteiger partial charge in [-0.1, -0.05) is 11.6 Å². The summed E-state index contributed by atoms with van der Waals surface area (Å²) in [6.07, 6.45) is 1.40. The van der Waals surface area contributed by atoms with Gasteiger partial charge in [0.05, 0.1) is 17.6 Å². The van der Waals surface area contributed by atoms with E-state index < -0.39 is 0 Å². The highest BCUT2D eigenvalue weighted by molar-refractivity contribution is 6.33. The lowest BCUT2D eigenvalue weighted by Gasteiger charge is -2.12. The molecule has 0 aliphatic carbocycles. The number of benzene rings is 1. The molecule has 24 heavy (non-hydrogen) atoms. The Kier molecular flexibility index (Phi) is 4.84. The van der Waals surface area contributed by atoms with Crippen molar-refractivity contribution in [1.29, 1.82) is 0 Å². The third-order valence-corrected chi connectivity index (χ3v) is 3.88. The summed E-state index contributed by atoms with van der Waals surface area (Å²) in [7, 11) is 1.66. The minimum absolute atomic E-state index is 0.0645. The Morgan fingerprint density at radius 2 is 2.17 bits per heavy atom. The zero-order valence-electron chi connectivity index (χ0n) is 12.4. The number of hydrogen-bond acceptors (Lipinski definition) is 5. The van der Waals surface area contributed by atoms with Crippen LogP contribution in [0.3, 0.4) is 0 Å². The lowest BCUT2D eigenvalue weighted by molar-refractivity contribution is 0.345. The highest BCUT2D eigenvalue weighted by Crippen LogP contribution is 2.31. The lowest BCUT2D eigenvalue weighted by Crippen LogP contribution is -2.12. The molecule has 0 saturated heterocycles. The van der Waals surface area contributed by atoms with E-state index in [4.69, 9.17) is 39.5 Å². The maximum Gasteiger partial charge on any atom is 0.326 e. The Hall–Kier alpha value is -1.96. The van der Waals surface area contributed by atoms with Gasteiger partial charge in [0.25, 0.3) is 0 Å². The number of aromatic nitrogens is 4. The molecule has 2 N–H and O–H groups in total. The molecule has 7 nitrogen and oxygen atoms in total. The molecule has 0 bridgehead atoms. The van der Waals surface area contributed by atoms with Gasteiger partial charge >= 0.3 is 5.69 Å². The second-order valence-corrected chi connectivity index (χ2v) is 5.98. The number of halogens is 3. The first-order valence-corrected chi connectivity index (χ1v) is 8.15. The fourth-order valence-electron chi connectivity index (χ4n) is 2.25. The van der Waals surface area contributed by atoms with Crippen molar-refractivity contribution in [3.8, 4) is 5.75 Å². The fraction of sp³-hybridized carbons (Fsp3) is 0.214. The SMILES string of the molecule is Cn1c(=O)[nH]c2cc(Nc3nc(Cl)ncc3Cl)cc(OCCCl)c21. The number of rotatable bonds is 5. The molecule has 0 radical (unpaired) electrons. The molecular weight excluding hydrogens is 377 g/mol. The summed E-state index contributed by atoms with van der Waals surface area (Å²) >= 11 is 17.5. The third kappa shape index (κ3) is 3.28. The maximum absolute atomic E-state index is 11.9. The molecule has 0 fully saturated rings. The van der Waals surface area contributed by atoms with Gasteiger partial charge in [-0.15, -0.1) is 11.6 Å². The number of aryl methyl sites for hydroxylation is 1. The van der Waals surface area contributed by atoms with Gasteiger partial charge in [-0.3, -0.25) is 4.57 Å². The average Bonchev–Trinajstić information content (AvgIpc) is 2.83. The number of anilines is 2. The van der Waals surface area contributed by atoms with Crippen LogP contribution in [0, 0.1) is 0 Å². The summed E-state index contributed by atoms with van der Waals surface area (Å²) < 4.78 is 7.12. The van der Waals surface area contributed by atoms with Crippen LogP contribution in [0.25, 0.3) is 11.0 Å². The van der Waals surface area contributed by atoms with E-state index in [0.29, 0.717) is 45.8 Å². The molecule has 2 aromatic heterocycles. The summed E-state index contributed by atoms with van der Waals surface area (Å²) in [4.78, 5) is 22.5. The number of aromatic amines is 1. The Morgan fingerprint density at radius 3 is 2.92 bits per heavy atom. The predicted octanol–water partition coefficient (Wildman–Crippen LogP) is 3.32. The number of hydrogen-bond donors (Lipinski definition) is 2. The van der Waals surface area contributed by atoms with Gasteiger partial charge in [-0.2, -0.15) is 4.98 Å². The smallest absolute Gasteiger partial charge is 0.326 e. The van der Waals surface area contributed by atoms with Gasteiger partial charge in [0, 0.05) is 18.8 Å². The van der Waals surface area contributed by atoms with Crippen LogP contribution in [-0.4, -0.2) is 32.0 Å². The first-order chi connectivity index (χ1) is 11.5. The van der Waals surface area contributed by atoms with Crippen LogP contribution in [0.1, 0.15) is 0 Å². The summed E-state index contributed by atoms with van der Waals surface area (Å²) in [6.45, 7) is 0.305. The molecule has 2 heterocycles. The van der Waals surface area contributed by atoms with Crippen molar-refractivity contribution >= 4 is 57.3 Å². The highest BCUT2D eigenvalue weighted by Gasteiger charge is 2.13. The van der Waals surface area contributed by atoms with Gasteiger partial charge in [0.1, 0.15) is 22.9 Å². The Balaban J connectivity index is 2.08. The van der Waals surface area contributed by atoms with Crippen molar-refractivity contribution in [3.05, 3.63) is 39.1 Å². The van der Waals surface area contributed by atoms with E-state index in [1.54, 1.807) is 19.2 Å². The highest BCUT2D eigenvalue weighted by atomic mass is 35.5. The van der Waals surface area contributed by atoms with Gasteiger partial charge in [-0.05, 0) is 17.7 Å². The molecule has 126 valence electrons. The maximum atomic E-state index is 11.9. The second kappa shape index (κ2) is 6.88. The van der Waals surface area contributed by atoms with Crippen molar-refractivity contribution in [2.24, 2.45) is 7.05 Å². The van der Waals surface area contributed by atoms with Crippen LogP contribution in [0.2, 0.25) is 10.3 Å². The molecule has 3 aromatic rings. The molecule has 1 aromatic carbocycles. The van der Waals surface area contributed by atoms with Crippen LogP contribution in [-0.2, 0) is 7.05 Å². The average molecular weight is 389 g/mol. The number of H-pyrrole nitrogens is 1. The number of alkyl halides is 1. The van der Waals surface area contributed by atoms with Crippen LogP contribution in [0.4, 0.5) is 11.5 Å². The van der Waals surface area contributed by atoms with E-state index in [1.165, 1.54) is 10.8 Å². The van der Waals surface area contributed by atoms with E-state index >= 15 is 0 Å². The summed E-state index contributed by atoms with van der Waals surface area (Å²) in [5, 5.41) is 3.41. The zero-order chi connectivity index (χ0) is 17.3. The summed E-state index contributed by atoms with van der Waals surface area (Å²) in [6, 6.07) is 3.48. The van der Waals surface area contributed by atoms with Crippen LogP contribution in [0.5, 0.6) is 5.75 Å². The molecule has 0 unspecified atom stereocenters. The predicted molar refractivity (Wildman–Crippen MR) is 95.1 cm³/mol. The van der Waals surface area contributed by atoms with Crippen molar-refractivity contribution in [2.75, 3.05) is 17.8 Å². The van der Waals surface area contributed by atoms with Gasteiger partial charge in [0.2, 0.25) is 5.28 Å². The van der Waals surface area contributed by atoms with E-state index in [1.807, 2.05) is 0 Å². The van der Waals surface area contributed by atoms with E-state index in [2.05, 4.69) is 20.3 Å². The van der Waals surface area contributed by atoms with Crippen molar-refractivity contribution in [3.63, 3.8) is 0 Å². The Bertz CT molecular complexity index is 953. The normalized spacial score (nSPS) is 11.0. The summed E-state index contributed by atoms with van der Waals surface area (Å²) in [5.41, 5.74) is 1.61. The largest absolute Gasteiger partial charge is 0.490 e. The number of nitrogens with one attached hydrogen (secondary N) is 2. The van der Waals surface area contributed by atoms with Crippen LogP contribution in [0.15, 0.2) is 23.1 Å². The van der Waals surface area contributed by atoms with Crippen molar-refractivity contribution < 1.29 is 4.74 Å². The standard InChI is InChI=1S/C14H12Cl3N5O2/c1-22-11-9(20-14(22)23)4-7(5-10(11)24-3-2-15)19-12-8(16)6-18-13(17)21-12/h4-6H,2-3H2,1H3,(H,20,23)(H,18,19,21). The van der Waals surface area contributed by atoms with Crippen LogP contribution >= 0.6 is 34.8 Å². The number of imidazole rings is 1.